The lowest BCUT2D eigenvalue weighted by Crippen LogP contribution is -2.50. The molecule has 1 amide bonds. The van der Waals surface area contributed by atoms with E-state index in [4.69, 9.17) is 4.74 Å². The van der Waals surface area contributed by atoms with Gasteiger partial charge in [-0.25, -0.2) is 0 Å². The van der Waals surface area contributed by atoms with Crippen LogP contribution in [0.1, 0.15) is 59.8 Å². The first-order valence-corrected chi connectivity index (χ1v) is 7.70. The summed E-state index contributed by atoms with van der Waals surface area (Å²) in [4.78, 5) is 14.6. The molecule has 19 heavy (non-hydrogen) atoms. The zero-order valence-electron chi connectivity index (χ0n) is 12.8. The van der Waals surface area contributed by atoms with E-state index in [1.807, 2.05) is 11.8 Å². The minimum Gasteiger partial charge on any atom is -0.375 e. The number of carbonyl (C=O) groups excluding carboxylic acids is 1. The van der Waals surface area contributed by atoms with E-state index < -0.39 is 0 Å². The second kappa shape index (κ2) is 5.41. The highest BCUT2D eigenvalue weighted by molar-refractivity contribution is 5.88. The third kappa shape index (κ3) is 2.52. The SMILES string of the molecule is CCC1(CC)CC(N2CNC(C)(CC)C2=O)CCO1. The van der Waals surface area contributed by atoms with E-state index in [1.165, 1.54) is 0 Å². The molecule has 0 aromatic rings. The number of ether oxygens (including phenoxy) is 1. The molecule has 4 nitrogen and oxygen atoms in total. The zero-order valence-corrected chi connectivity index (χ0v) is 12.8. The maximum atomic E-state index is 12.6. The molecule has 0 aromatic carbocycles. The Morgan fingerprint density at radius 1 is 1.32 bits per heavy atom. The molecule has 0 saturated carbocycles. The summed E-state index contributed by atoms with van der Waals surface area (Å²) in [5.74, 6) is 0.267. The molecule has 2 atom stereocenters. The number of nitrogens with zero attached hydrogens (tertiary/aromatic N) is 1. The number of carbonyl (C=O) groups is 1. The maximum Gasteiger partial charge on any atom is 0.243 e. The van der Waals surface area contributed by atoms with Crippen LogP contribution in [0.4, 0.5) is 0 Å². The molecule has 0 bridgehead atoms. The van der Waals surface area contributed by atoms with Gasteiger partial charge in [0.25, 0.3) is 0 Å². The monoisotopic (exact) mass is 268 g/mol. The summed E-state index contributed by atoms with van der Waals surface area (Å²) in [6.07, 6.45) is 4.85. The number of rotatable bonds is 4. The van der Waals surface area contributed by atoms with E-state index in [2.05, 4.69) is 26.1 Å². The Morgan fingerprint density at radius 2 is 2.00 bits per heavy atom. The maximum absolute atomic E-state index is 12.6. The predicted octanol–water partition coefficient (Wildman–Crippen LogP) is 2.28. The van der Waals surface area contributed by atoms with Crippen molar-refractivity contribution in [1.29, 1.82) is 0 Å². The van der Waals surface area contributed by atoms with E-state index in [-0.39, 0.29) is 17.0 Å². The van der Waals surface area contributed by atoms with Crippen LogP contribution in [0, 0.1) is 0 Å². The molecule has 2 fully saturated rings. The molecule has 2 saturated heterocycles. The molecule has 1 N–H and O–H groups in total. The summed E-state index contributed by atoms with van der Waals surface area (Å²) in [5.41, 5.74) is -0.381. The van der Waals surface area contributed by atoms with Crippen molar-refractivity contribution in [2.45, 2.75) is 77.0 Å². The number of hydrogen-bond acceptors (Lipinski definition) is 3. The average Bonchev–Trinajstić information content (AvgIpc) is 2.76. The van der Waals surface area contributed by atoms with Crippen LogP contribution < -0.4 is 5.32 Å². The highest BCUT2D eigenvalue weighted by atomic mass is 16.5. The smallest absolute Gasteiger partial charge is 0.243 e. The first-order valence-electron chi connectivity index (χ1n) is 7.70. The van der Waals surface area contributed by atoms with Gasteiger partial charge in [-0.15, -0.1) is 0 Å². The van der Waals surface area contributed by atoms with Crippen molar-refractivity contribution >= 4 is 5.91 Å². The number of nitrogens with one attached hydrogen (secondary N) is 1. The van der Waals surface area contributed by atoms with Gasteiger partial charge in [0.2, 0.25) is 5.91 Å². The molecule has 0 aromatic heterocycles. The summed E-state index contributed by atoms with van der Waals surface area (Å²) < 4.78 is 6.01. The number of hydrogen-bond donors (Lipinski definition) is 1. The first kappa shape index (κ1) is 14.8. The van der Waals surface area contributed by atoms with Gasteiger partial charge in [0.1, 0.15) is 0 Å². The van der Waals surface area contributed by atoms with Crippen LogP contribution in [-0.4, -0.2) is 41.3 Å². The second-order valence-corrected chi connectivity index (χ2v) is 6.18. The molecular weight excluding hydrogens is 240 g/mol. The van der Waals surface area contributed by atoms with Gasteiger partial charge in [-0.1, -0.05) is 20.8 Å². The predicted molar refractivity (Wildman–Crippen MR) is 75.8 cm³/mol. The Balaban J connectivity index is 2.09. The van der Waals surface area contributed by atoms with Crippen molar-refractivity contribution in [2.24, 2.45) is 0 Å². The molecule has 0 radical (unpaired) electrons. The fraction of sp³-hybridized carbons (Fsp3) is 0.933. The summed E-state index contributed by atoms with van der Waals surface area (Å²) in [6.45, 7) is 9.93. The fourth-order valence-electron chi connectivity index (χ4n) is 3.31. The topological polar surface area (TPSA) is 41.6 Å². The second-order valence-electron chi connectivity index (χ2n) is 6.18. The average molecular weight is 268 g/mol. The molecule has 2 unspecified atom stereocenters. The van der Waals surface area contributed by atoms with Gasteiger partial charge in [0, 0.05) is 12.6 Å². The van der Waals surface area contributed by atoms with Gasteiger partial charge < -0.3 is 9.64 Å². The van der Waals surface area contributed by atoms with Crippen LogP contribution in [0.5, 0.6) is 0 Å². The lowest BCUT2D eigenvalue weighted by molar-refractivity contribution is -0.142. The summed E-state index contributed by atoms with van der Waals surface area (Å²) in [5, 5.41) is 3.38. The molecule has 2 heterocycles. The van der Waals surface area contributed by atoms with Crippen LogP contribution in [0.2, 0.25) is 0 Å². The molecule has 2 rings (SSSR count). The lowest BCUT2D eigenvalue weighted by Gasteiger charge is -2.43. The zero-order chi connectivity index (χ0) is 14.1. The Hall–Kier alpha value is -0.610. The fourth-order valence-corrected chi connectivity index (χ4v) is 3.31. The van der Waals surface area contributed by atoms with E-state index in [0.717, 1.165) is 38.7 Å². The van der Waals surface area contributed by atoms with E-state index in [1.54, 1.807) is 0 Å². The number of amides is 1. The normalized spacial score (nSPS) is 34.8. The Kier molecular flexibility index (Phi) is 4.21. The van der Waals surface area contributed by atoms with Gasteiger partial charge >= 0.3 is 0 Å². The first-order chi connectivity index (χ1) is 9.00. The Morgan fingerprint density at radius 3 is 2.53 bits per heavy atom. The van der Waals surface area contributed by atoms with Crippen LogP contribution in [0.25, 0.3) is 0 Å². The molecule has 0 spiro atoms. The van der Waals surface area contributed by atoms with Crippen LogP contribution in [0.3, 0.4) is 0 Å². The van der Waals surface area contributed by atoms with Crippen molar-refractivity contribution in [1.82, 2.24) is 10.2 Å². The molecule has 110 valence electrons. The molecule has 2 aliphatic rings. The van der Waals surface area contributed by atoms with Crippen molar-refractivity contribution in [2.75, 3.05) is 13.3 Å². The molecule has 0 aliphatic carbocycles. The van der Waals surface area contributed by atoms with Crippen molar-refractivity contribution in [3.05, 3.63) is 0 Å². The summed E-state index contributed by atoms with van der Waals surface area (Å²) in [6, 6.07) is 0.335. The molecular formula is C15H28N2O2. The lowest BCUT2D eigenvalue weighted by atomic mass is 9.85. The van der Waals surface area contributed by atoms with Crippen LogP contribution in [0.15, 0.2) is 0 Å². The van der Waals surface area contributed by atoms with Gasteiger partial charge in [0.15, 0.2) is 0 Å². The third-order valence-corrected chi connectivity index (χ3v) is 5.28. The highest BCUT2D eigenvalue weighted by Gasteiger charge is 2.46. The van der Waals surface area contributed by atoms with Gasteiger partial charge in [-0.05, 0) is 39.0 Å². The van der Waals surface area contributed by atoms with E-state index in [9.17, 15) is 4.79 Å². The van der Waals surface area contributed by atoms with E-state index in [0.29, 0.717) is 12.7 Å². The van der Waals surface area contributed by atoms with Gasteiger partial charge in [-0.3, -0.25) is 10.1 Å². The van der Waals surface area contributed by atoms with Gasteiger partial charge in [0.05, 0.1) is 17.8 Å². The van der Waals surface area contributed by atoms with Crippen molar-refractivity contribution in [3.8, 4) is 0 Å². The standard InChI is InChI=1S/C15H28N2O2/c1-5-14(4)13(18)17(11-16-14)12-8-9-19-15(6-2,7-3)10-12/h12,16H,5-11H2,1-4H3. The van der Waals surface area contributed by atoms with Crippen molar-refractivity contribution < 1.29 is 9.53 Å². The van der Waals surface area contributed by atoms with Crippen LogP contribution >= 0.6 is 0 Å². The minimum absolute atomic E-state index is 0.0194. The van der Waals surface area contributed by atoms with Crippen molar-refractivity contribution in [3.63, 3.8) is 0 Å². The van der Waals surface area contributed by atoms with Crippen LogP contribution in [-0.2, 0) is 9.53 Å². The largest absolute Gasteiger partial charge is 0.375 e. The Bertz CT molecular complexity index is 341. The quantitative estimate of drug-likeness (QED) is 0.850. The summed E-state index contributed by atoms with van der Waals surface area (Å²) >= 11 is 0. The highest BCUT2D eigenvalue weighted by Crippen LogP contribution is 2.35. The van der Waals surface area contributed by atoms with E-state index >= 15 is 0 Å². The summed E-state index contributed by atoms with van der Waals surface area (Å²) in [7, 11) is 0. The van der Waals surface area contributed by atoms with Gasteiger partial charge in [-0.2, -0.15) is 0 Å². The molecule has 4 heteroatoms. The molecule has 2 aliphatic heterocycles. The minimum atomic E-state index is -0.362. The third-order valence-electron chi connectivity index (χ3n) is 5.28. The Labute approximate surface area is 116 Å².